The monoisotopic (exact) mass is 349 g/mol. The molecule has 0 radical (unpaired) electrons. The number of furan rings is 1. The Kier molecular flexibility index (Phi) is 7.78. The Hall–Kier alpha value is -2.02. The number of nitrogens with one attached hydrogen (secondary N) is 2. The Balaban J connectivity index is 1.62. The maximum atomic E-state index is 12.2. The molecule has 0 aliphatic carbocycles. The first kappa shape index (κ1) is 19.3. The molecule has 25 heavy (non-hydrogen) atoms. The van der Waals surface area contributed by atoms with Gasteiger partial charge in [0.1, 0.15) is 5.76 Å². The van der Waals surface area contributed by atoms with Gasteiger partial charge in [0.2, 0.25) is 5.91 Å². The SMILES string of the molecule is CN=C(NCCCN1CCCC1C(=O)N(C)C)NCCc1ccco1. The molecule has 1 amide bonds. The van der Waals surface area contributed by atoms with Gasteiger partial charge in [-0.05, 0) is 37.9 Å². The van der Waals surface area contributed by atoms with Gasteiger partial charge in [-0.15, -0.1) is 0 Å². The highest BCUT2D eigenvalue weighted by Gasteiger charge is 2.30. The fraction of sp³-hybridized carbons (Fsp3) is 0.667. The lowest BCUT2D eigenvalue weighted by Gasteiger charge is -2.26. The van der Waals surface area contributed by atoms with Crippen molar-refractivity contribution in [3.63, 3.8) is 0 Å². The third-order valence-corrected chi connectivity index (χ3v) is 4.47. The van der Waals surface area contributed by atoms with Gasteiger partial charge in [-0.2, -0.15) is 0 Å². The van der Waals surface area contributed by atoms with Crippen molar-refractivity contribution in [2.45, 2.75) is 31.7 Å². The molecule has 0 bridgehead atoms. The Bertz CT molecular complexity index is 542. The third-order valence-electron chi connectivity index (χ3n) is 4.47. The quantitative estimate of drug-likeness (QED) is 0.415. The van der Waals surface area contributed by atoms with Crippen molar-refractivity contribution in [3.05, 3.63) is 24.2 Å². The molecular weight excluding hydrogens is 318 g/mol. The van der Waals surface area contributed by atoms with Crippen LogP contribution in [0.4, 0.5) is 0 Å². The summed E-state index contributed by atoms with van der Waals surface area (Å²) in [6, 6.07) is 3.93. The number of aliphatic imine (C=N–C) groups is 1. The van der Waals surface area contributed by atoms with Crippen LogP contribution in [0.25, 0.3) is 0 Å². The van der Waals surface area contributed by atoms with Crippen LogP contribution in [0.2, 0.25) is 0 Å². The summed E-state index contributed by atoms with van der Waals surface area (Å²) < 4.78 is 5.31. The highest BCUT2D eigenvalue weighted by atomic mass is 16.3. The lowest BCUT2D eigenvalue weighted by Crippen LogP contribution is -2.44. The summed E-state index contributed by atoms with van der Waals surface area (Å²) in [6.45, 7) is 3.56. The number of carbonyl (C=O) groups is 1. The van der Waals surface area contributed by atoms with E-state index in [0.717, 1.165) is 63.6 Å². The van der Waals surface area contributed by atoms with Crippen molar-refractivity contribution < 1.29 is 9.21 Å². The second-order valence-electron chi connectivity index (χ2n) is 6.54. The highest BCUT2D eigenvalue weighted by Crippen LogP contribution is 2.18. The van der Waals surface area contributed by atoms with E-state index in [4.69, 9.17) is 4.42 Å². The molecular formula is C18H31N5O2. The number of nitrogens with zero attached hydrogens (tertiary/aromatic N) is 3. The van der Waals surface area contributed by atoms with E-state index in [9.17, 15) is 4.79 Å². The number of hydrogen-bond acceptors (Lipinski definition) is 4. The van der Waals surface area contributed by atoms with E-state index in [2.05, 4.69) is 20.5 Å². The molecule has 2 N–H and O–H groups in total. The smallest absolute Gasteiger partial charge is 0.239 e. The highest BCUT2D eigenvalue weighted by molar-refractivity contribution is 5.81. The van der Waals surface area contributed by atoms with Crippen molar-refractivity contribution in [2.24, 2.45) is 4.99 Å². The number of hydrogen-bond donors (Lipinski definition) is 2. The Morgan fingerprint density at radius 1 is 1.40 bits per heavy atom. The van der Waals surface area contributed by atoms with Gasteiger partial charge in [0, 0.05) is 47.2 Å². The van der Waals surface area contributed by atoms with Gasteiger partial charge in [-0.1, -0.05) is 0 Å². The summed E-state index contributed by atoms with van der Waals surface area (Å²) in [4.78, 5) is 20.4. The minimum Gasteiger partial charge on any atom is -0.469 e. The maximum absolute atomic E-state index is 12.2. The molecule has 1 unspecified atom stereocenters. The van der Waals surface area contributed by atoms with Gasteiger partial charge in [0.05, 0.1) is 12.3 Å². The standard InChI is InChI=1S/C18H31N5O2/c1-19-18(21-11-9-15-7-5-14-25-15)20-10-6-13-23-12-4-8-16(23)17(24)22(2)3/h5,7,14,16H,4,6,8-13H2,1-3H3,(H2,19,20,21). The molecule has 2 rings (SSSR count). The third kappa shape index (κ3) is 6.08. The molecule has 140 valence electrons. The van der Waals surface area contributed by atoms with Gasteiger partial charge >= 0.3 is 0 Å². The molecule has 2 heterocycles. The average Bonchev–Trinajstić information content (AvgIpc) is 3.27. The first-order valence-electron chi connectivity index (χ1n) is 9.04. The number of likely N-dealkylation sites (N-methyl/N-ethyl adjacent to an activating group) is 1. The summed E-state index contributed by atoms with van der Waals surface area (Å²) in [5.74, 6) is 1.99. The van der Waals surface area contributed by atoms with E-state index in [1.807, 2.05) is 26.2 Å². The van der Waals surface area contributed by atoms with Crippen LogP contribution < -0.4 is 10.6 Å². The molecule has 1 saturated heterocycles. The summed E-state index contributed by atoms with van der Waals surface area (Å²) >= 11 is 0. The molecule has 1 aliphatic heterocycles. The van der Waals surface area contributed by atoms with Crippen LogP contribution in [0.15, 0.2) is 27.8 Å². The van der Waals surface area contributed by atoms with E-state index in [1.165, 1.54) is 0 Å². The zero-order valence-electron chi connectivity index (χ0n) is 15.6. The van der Waals surface area contributed by atoms with Crippen molar-refractivity contribution in [1.29, 1.82) is 0 Å². The van der Waals surface area contributed by atoms with Gasteiger partial charge in [-0.3, -0.25) is 14.7 Å². The maximum Gasteiger partial charge on any atom is 0.239 e. The van der Waals surface area contributed by atoms with E-state index in [-0.39, 0.29) is 11.9 Å². The second kappa shape index (κ2) is 10.1. The predicted molar refractivity (Wildman–Crippen MR) is 99.7 cm³/mol. The van der Waals surface area contributed by atoms with Gasteiger partial charge in [0.15, 0.2) is 5.96 Å². The van der Waals surface area contributed by atoms with E-state index >= 15 is 0 Å². The lowest BCUT2D eigenvalue weighted by molar-refractivity contribution is -0.133. The molecule has 0 saturated carbocycles. The molecule has 0 spiro atoms. The van der Waals surface area contributed by atoms with Gasteiger partial charge in [-0.25, -0.2) is 0 Å². The summed E-state index contributed by atoms with van der Waals surface area (Å²) in [7, 11) is 5.44. The van der Waals surface area contributed by atoms with Crippen LogP contribution in [-0.2, 0) is 11.2 Å². The molecule has 1 aromatic heterocycles. The first-order valence-corrected chi connectivity index (χ1v) is 9.04. The normalized spacial score (nSPS) is 18.4. The Labute approximate surface area is 150 Å². The number of amides is 1. The fourth-order valence-corrected chi connectivity index (χ4v) is 3.14. The number of rotatable bonds is 8. The summed E-state index contributed by atoms with van der Waals surface area (Å²) in [6.07, 6.45) is 5.58. The van der Waals surface area contributed by atoms with Gasteiger partial charge in [0.25, 0.3) is 0 Å². The van der Waals surface area contributed by atoms with Crippen LogP contribution in [0.5, 0.6) is 0 Å². The lowest BCUT2D eigenvalue weighted by atomic mass is 10.2. The molecule has 0 aromatic carbocycles. The van der Waals surface area contributed by atoms with E-state index in [1.54, 1.807) is 18.2 Å². The van der Waals surface area contributed by atoms with Crippen molar-refractivity contribution in [1.82, 2.24) is 20.4 Å². The van der Waals surface area contributed by atoms with Crippen molar-refractivity contribution in [3.8, 4) is 0 Å². The van der Waals surface area contributed by atoms with Crippen LogP contribution in [0, 0.1) is 0 Å². The number of guanidine groups is 1. The first-order chi connectivity index (χ1) is 12.1. The largest absolute Gasteiger partial charge is 0.469 e. The topological polar surface area (TPSA) is 73.1 Å². The minimum atomic E-state index is 0.0562. The Morgan fingerprint density at radius 3 is 2.88 bits per heavy atom. The van der Waals surface area contributed by atoms with E-state index in [0.29, 0.717) is 0 Å². The average molecular weight is 349 g/mol. The molecule has 1 atom stereocenters. The zero-order valence-corrected chi connectivity index (χ0v) is 15.6. The zero-order chi connectivity index (χ0) is 18.1. The predicted octanol–water partition coefficient (Wildman–Crippen LogP) is 0.930. The fourth-order valence-electron chi connectivity index (χ4n) is 3.14. The minimum absolute atomic E-state index is 0.0562. The second-order valence-corrected chi connectivity index (χ2v) is 6.54. The Morgan fingerprint density at radius 2 is 2.20 bits per heavy atom. The van der Waals surface area contributed by atoms with Crippen molar-refractivity contribution in [2.75, 3.05) is 47.3 Å². The summed E-state index contributed by atoms with van der Waals surface area (Å²) in [5.41, 5.74) is 0. The van der Waals surface area contributed by atoms with Crippen LogP contribution in [0.1, 0.15) is 25.0 Å². The number of likely N-dealkylation sites (tertiary alicyclic amines) is 1. The van der Waals surface area contributed by atoms with Crippen LogP contribution in [-0.4, -0.2) is 75.0 Å². The van der Waals surface area contributed by atoms with E-state index < -0.39 is 0 Å². The van der Waals surface area contributed by atoms with Crippen molar-refractivity contribution >= 4 is 11.9 Å². The molecule has 7 heteroatoms. The molecule has 1 aromatic rings. The number of carbonyl (C=O) groups excluding carboxylic acids is 1. The molecule has 1 fully saturated rings. The molecule has 7 nitrogen and oxygen atoms in total. The van der Waals surface area contributed by atoms with Gasteiger partial charge < -0.3 is 20.0 Å². The summed E-state index contributed by atoms with van der Waals surface area (Å²) in [5, 5.41) is 6.61. The molecule has 1 aliphatic rings. The van der Waals surface area contributed by atoms with Crippen LogP contribution in [0.3, 0.4) is 0 Å². The van der Waals surface area contributed by atoms with Crippen LogP contribution >= 0.6 is 0 Å².